The highest BCUT2D eigenvalue weighted by Crippen LogP contribution is 2.56. The number of nitrogens with zero attached hydrogens (tertiary/aromatic N) is 5. The molecule has 2 unspecified atom stereocenters. The molecule has 2 fully saturated rings. The molecule has 1 spiro atoms. The molecule has 4 heterocycles. The summed E-state index contributed by atoms with van der Waals surface area (Å²) in [5.74, 6) is -0.892. The van der Waals surface area contributed by atoms with E-state index in [2.05, 4.69) is 25.9 Å². The first-order valence-electron chi connectivity index (χ1n) is 12.7. The van der Waals surface area contributed by atoms with Crippen molar-refractivity contribution in [2.24, 2.45) is 0 Å². The van der Waals surface area contributed by atoms with Crippen LogP contribution in [0.15, 0.2) is 30.6 Å². The van der Waals surface area contributed by atoms with E-state index >= 15 is 0 Å². The van der Waals surface area contributed by atoms with Crippen molar-refractivity contribution < 1.29 is 43.3 Å². The Kier molecular flexibility index (Phi) is 7.11. The van der Waals surface area contributed by atoms with Crippen LogP contribution in [0.2, 0.25) is 5.28 Å². The number of hydrogen-bond donors (Lipinski definition) is 5. The van der Waals surface area contributed by atoms with E-state index in [4.69, 9.17) is 30.6 Å². The van der Waals surface area contributed by atoms with Crippen molar-refractivity contribution in [3.63, 3.8) is 0 Å². The standard InChI is InChI=1S/C23H28ClN5O9P2/c24-22-26-19(28-10-23(7-3-4-8-23)13-5-1-2-6-14(13)28)16-20(27-22)29(11-25-16)21-18(31)17(30)15(38-21)9-37-40(35,36)12-39(32,33)34/h1-2,5-6,11,15,17-18,21,30-31H,3-4,7-10,12H2,(H,35,36)(H2,32,33,34)/t15-,17+,18?,21-/m1/s1. The second-order valence-corrected chi connectivity index (χ2v) is 14.8. The zero-order valence-corrected chi connectivity index (χ0v) is 23.6. The fourth-order valence-electron chi connectivity index (χ4n) is 6.11. The first-order valence-corrected chi connectivity index (χ1v) is 16.6. The van der Waals surface area contributed by atoms with Crippen molar-refractivity contribution in [2.45, 2.75) is 55.6 Å². The molecule has 3 aromatic rings. The Hall–Kier alpha value is -1.96. The summed E-state index contributed by atoms with van der Waals surface area (Å²) in [4.78, 5) is 43.2. The number of imidazole rings is 1. The Labute approximate surface area is 233 Å². The molecule has 0 radical (unpaired) electrons. The zero-order chi connectivity index (χ0) is 28.4. The zero-order valence-electron chi connectivity index (χ0n) is 21.0. The molecule has 0 amide bonds. The van der Waals surface area contributed by atoms with E-state index in [1.165, 1.54) is 16.5 Å². The van der Waals surface area contributed by atoms with Crippen molar-refractivity contribution in [1.82, 2.24) is 19.5 Å². The van der Waals surface area contributed by atoms with Gasteiger partial charge in [-0.2, -0.15) is 9.97 Å². The van der Waals surface area contributed by atoms with Crippen LogP contribution in [-0.2, 0) is 23.8 Å². The molecule has 2 aliphatic heterocycles. The SMILES string of the molecule is O=P(O)(O)CP(=O)(O)OC[C@H]1O[C@@H](n2cnc3c(N4CC5(CCCC5)c5ccccc54)nc(Cl)nc32)C(O)[C@H]1O. The lowest BCUT2D eigenvalue weighted by Crippen LogP contribution is -2.33. The number of fused-ring (bicyclic) bond motifs is 3. The van der Waals surface area contributed by atoms with Gasteiger partial charge >= 0.3 is 15.2 Å². The van der Waals surface area contributed by atoms with E-state index in [0.29, 0.717) is 17.9 Å². The molecule has 14 nitrogen and oxygen atoms in total. The van der Waals surface area contributed by atoms with E-state index in [-0.39, 0.29) is 16.3 Å². The monoisotopic (exact) mass is 615 g/mol. The summed E-state index contributed by atoms with van der Waals surface area (Å²) in [6.45, 7) is 0.000919. The van der Waals surface area contributed by atoms with Crippen LogP contribution in [0.5, 0.6) is 0 Å². The summed E-state index contributed by atoms with van der Waals surface area (Å²) in [7, 11) is -9.53. The largest absolute Gasteiger partial charge is 0.387 e. The molecule has 216 valence electrons. The number of ether oxygens (including phenoxy) is 1. The quantitative estimate of drug-likeness (QED) is 0.192. The smallest absolute Gasteiger partial charge is 0.340 e. The summed E-state index contributed by atoms with van der Waals surface area (Å²) in [5.41, 5.74) is 2.93. The fourth-order valence-corrected chi connectivity index (χ4v) is 8.84. The molecule has 3 aliphatic rings. The summed E-state index contributed by atoms with van der Waals surface area (Å²) >= 11 is 6.38. The van der Waals surface area contributed by atoms with Gasteiger partial charge < -0.3 is 39.1 Å². The first-order chi connectivity index (χ1) is 18.9. The molecule has 1 saturated heterocycles. The van der Waals surface area contributed by atoms with E-state index < -0.39 is 52.2 Å². The van der Waals surface area contributed by atoms with Crippen molar-refractivity contribution in [1.29, 1.82) is 0 Å². The minimum atomic E-state index is -4.84. The van der Waals surface area contributed by atoms with Crippen molar-refractivity contribution in [3.05, 3.63) is 41.4 Å². The number of aromatic nitrogens is 4. The van der Waals surface area contributed by atoms with Gasteiger partial charge in [0.05, 0.1) is 12.9 Å². The topological polar surface area (TPSA) is 201 Å². The lowest BCUT2D eigenvalue weighted by atomic mass is 9.81. The van der Waals surface area contributed by atoms with Gasteiger partial charge in [-0.15, -0.1) is 0 Å². The lowest BCUT2D eigenvalue weighted by Gasteiger charge is -2.25. The molecule has 0 bridgehead atoms. The maximum Gasteiger partial charge on any atom is 0.340 e. The molecule has 17 heteroatoms. The predicted octanol–water partition coefficient (Wildman–Crippen LogP) is 2.40. The highest BCUT2D eigenvalue weighted by Gasteiger charge is 2.47. The number of aliphatic hydroxyl groups excluding tert-OH is 2. The molecule has 6 rings (SSSR count). The highest BCUT2D eigenvalue weighted by atomic mass is 35.5. The van der Waals surface area contributed by atoms with Crippen molar-refractivity contribution >= 4 is 49.5 Å². The summed E-state index contributed by atoms with van der Waals surface area (Å²) in [6.07, 6.45) is 0.210. The van der Waals surface area contributed by atoms with Crippen LogP contribution < -0.4 is 4.90 Å². The Bertz CT molecular complexity index is 1540. The number of aliphatic hydroxyl groups is 2. The number of para-hydroxylation sites is 1. The fraction of sp³-hybridized carbons (Fsp3) is 0.522. The predicted molar refractivity (Wildman–Crippen MR) is 143 cm³/mol. The average Bonchev–Trinajstić information content (AvgIpc) is 3.64. The van der Waals surface area contributed by atoms with E-state index in [1.807, 2.05) is 18.2 Å². The molecule has 5 N–H and O–H groups in total. The molecule has 1 saturated carbocycles. The van der Waals surface area contributed by atoms with Gasteiger partial charge in [0.1, 0.15) is 18.3 Å². The van der Waals surface area contributed by atoms with Crippen LogP contribution in [0.25, 0.3) is 11.2 Å². The minimum absolute atomic E-state index is 0.0108. The van der Waals surface area contributed by atoms with Crippen molar-refractivity contribution in [2.75, 3.05) is 24.0 Å². The number of hydrogen-bond acceptors (Lipinski definition) is 10. The highest BCUT2D eigenvalue weighted by molar-refractivity contribution is 7.70. The molecular formula is C23H28ClN5O9P2. The van der Waals surface area contributed by atoms with Gasteiger partial charge in [-0.3, -0.25) is 13.7 Å². The van der Waals surface area contributed by atoms with E-state index in [1.54, 1.807) is 0 Å². The van der Waals surface area contributed by atoms with Crippen molar-refractivity contribution in [3.8, 4) is 0 Å². The Balaban J connectivity index is 1.30. The molecule has 5 atom stereocenters. The second kappa shape index (κ2) is 10.1. The molecule has 1 aliphatic carbocycles. The van der Waals surface area contributed by atoms with Gasteiger partial charge in [-0.1, -0.05) is 31.0 Å². The molecule has 2 aromatic heterocycles. The van der Waals surface area contributed by atoms with Crippen LogP contribution in [0.3, 0.4) is 0 Å². The van der Waals surface area contributed by atoms with Gasteiger partial charge in [0.25, 0.3) is 0 Å². The van der Waals surface area contributed by atoms with Crippen LogP contribution in [0, 0.1) is 0 Å². The summed E-state index contributed by atoms with van der Waals surface area (Å²) in [6, 6.07) is 8.19. The first kappa shape index (κ1) is 28.2. The number of rotatable bonds is 7. The van der Waals surface area contributed by atoms with Crippen LogP contribution in [0.1, 0.15) is 37.5 Å². The number of anilines is 2. The third-order valence-electron chi connectivity index (χ3n) is 7.83. The summed E-state index contributed by atoms with van der Waals surface area (Å²) < 4.78 is 35.1. The molecule has 1 aromatic carbocycles. The third-order valence-corrected chi connectivity index (χ3v) is 11.5. The Morgan fingerprint density at radius 1 is 1.10 bits per heavy atom. The normalized spacial score (nSPS) is 27.5. The van der Waals surface area contributed by atoms with Gasteiger partial charge in [-0.25, -0.2) is 4.98 Å². The lowest BCUT2D eigenvalue weighted by molar-refractivity contribution is -0.0483. The minimum Gasteiger partial charge on any atom is -0.387 e. The van der Waals surface area contributed by atoms with Crippen LogP contribution >= 0.6 is 26.8 Å². The molecular weight excluding hydrogens is 588 g/mol. The number of halogens is 1. The average molecular weight is 616 g/mol. The maximum absolute atomic E-state index is 12.0. The van der Waals surface area contributed by atoms with Gasteiger partial charge in [0.15, 0.2) is 29.1 Å². The van der Waals surface area contributed by atoms with Crippen LogP contribution in [-0.4, -0.2) is 81.8 Å². The molecule has 40 heavy (non-hydrogen) atoms. The van der Waals surface area contributed by atoms with Gasteiger partial charge in [-0.05, 0) is 36.1 Å². The van der Waals surface area contributed by atoms with Gasteiger partial charge in [0.2, 0.25) is 5.28 Å². The maximum atomic E-state index is 12.0. The Morgan fingerprint density at radius 3 is 2.55 bits per heavy atom. The van der Waals surface area contributed by atoms with Crippen LogP contribution in [0.4, 0.5) is 11.5 Å². The summed E-state index contributed by atoms with van der Waals surface area (Å²) in [5, 5.41) is 21.3. The van der Waals surface area contributed by atoms with Gasteiger partial charge in [0, 0.05) is 17.6 Å². The second-order valence-electron chi connectivity index (χ2n) is 10.5. The van der Waals surface area contributed by atoms with E-state index in [0.717, 1.165) is 31.4 Å². The third kappa shape index (κ3) is 5.00. The van der Waals surface area contributed by atoms with E-state index in [9.17, 15) is 24.2 Å². The Morgan fingerprint density at radius 2 is 1.82 bits per heavy atom. The number of benzene rings is 1.